The van der Waals surface area contributed by atoms with Crippen molar-refractivity contribution in [3.63, 3.8) is 0 Å². The molecule has 116 valence electrons. The summed E-state index contributed by atoms with van der Waals surface area (Å²) in [6.45, 7) is 2.51. The largest absolute Gasteiger partial charge is 0.444 e. The first-order chi connectivity index (χ1) is 11.1. The number of rotatable bonds is 4. The third kappa shape index (κ3) is 3.71. The number of benzene rings is 2. The summed E-state index contributed by atoms with van der Waals surface area (Å²) in [6, 6.07) is 21.2. The number of amides is 1. The maximum Gasteiger partial charge on any atom is 0.294 e. The third-order valence-corrected chi connectivity index (χ3v) is 3.98. The van der Waals surface area contributed by atoms with Gasteiger partial charge in [-0.2, -0.15) is 0 Å². The Morgan fingerprint density at radius 2 is 1.70 bits per heavy atom. The molecule has 3 aromatic rings. The van der Waals surface area contributed by atoms with Crippen molar-refractivity contribution in [3.05, 3.63) is 88.3 Å². The van der Waals surface area contributed by atoms with Gasteiger partial charge in [0.25, 0.3) is 5.91 Å². The Morgan fingerprint density at radius 1 is 1.00 bits per heavy atom. The second kappa shape index (κ2) is 6.84. The Hall–Kier alpha value is -2.33. The lowest BCUT2D eigenvalue weighted by Gasteiger charge is -2.22. The van der Waals surface area contributed by atoms with Crippen molar-refractivity contribution >= 4 is 27.5 Å². The molecule has 0 N–H and O–H groups in total. The summed E-state index contributed by atoms with van der Waals surface area (Å²) < 4.78 is 5.98. The minimum Gasteiger partial charge on any atom is -0.444 e. The first-order valence-electron chi connectivity index (χ1n) is 7.31. The highest BCUT2D eigenvalue weighted by Gasteiger charge is 2.21. The molecule has 23 heavy (non-hydrogen) atoms. The molecule has 0 saturated heterocycles. The number of hydrogen-bond acceptors (Lipinski definition) is 2. The van der Waals surface area contributed by atoms with E-state index in [1.165, 1.54) is 0 Å². The minimum atomic E-state index is -0.164. The summed E-state index contributed by atoms with van der Waals surface area (Å²) in [6.07, 6.45) is 0. The van der Waals surface area contributed by atoms with E-state index in [0.29, 0.717) is 17.0 Å². The molecular formula is C19H16BrNO2. The smallest absolute Gasteiger partial charge is 0.294 e. The predicted molar refractivity (Wildman–Crippen MR) is 94.5 cm³/mol. The number of anilines is 1. The molecule has 0 unspecified atom stereocenters. The number of halogens is 1. The van der Waals surface area contributed by atoms with Crippen LogP contribution in [0.15, 0.2) is 75.8 Å². The number of carbonyl (C=O) groups excluding carboxylic acids is 1. The highest BCUT2D eigenvalue weighted by atomic mass is 79.9. The molecule has 1 aromatic heterocycles. The van der Waals surface area contributed by atoms with E-state index in [-0.39, 0.29) is 5.91 Å². The van der Waals surface area contributed by atoms with Crippen LogP contribution in [-0.4, -0.2) is 5.91 Å². The summed E-state index contributed by atoms with van der Waals surface area (Å²) in [4.78, 5) is 14.6. The summed E-state index contributed by atoms with van der Waals surface area (Å²) in [7, 11) is 0. The fourth-order valence-electron chi connectivity index (χ4n) is 2.33. The van der Waals surface area contributed by atoms with E-state index in [1.807, 2.05) is 61.5 Å². The lowest BCUT2D eigenvalue weighted by molar-refractivity contribution is 0.0957. The zero-order valence-corrected chi connectivity index (χ0v) is 14.3. The number of furan rings is 1. The summed E-state index contributed by atoms with van der Waals surface area (Å²) in [5.74, 6) is 0.150. The summed E-state index contributed by atoms with van der Waals surface area (Å²) >= 11 is 3.24. The van der Waals surface area contributed by atoms with Crippen molar-refractivity contribution in [1.82, 2.24) is 0 Å². The van der Waals surface area contributed by atoms with Gasteiger partial charge in [-0.25, -0.2) is 0 Å². The van der Waals surface area contributed by atoms with E-state index >= 15 is 0 Å². The van der Waals surface area contributed by atoms with E-state index in [9.17, 15) is 4.79 Å². The summed E-state index contributed by atoms with van der Waals surface area (Å²) in [5, 5.41) is 0. The van der Waals surface area contributed by atoms with Crippen molar-refractivity contribution in [2.24, 2.45) is 0 Å². The maximum absolute atomic E-state index is 12.9. The van der Waals surface area contributed by atoms with Gasteiger partial charge in [0.15, 0.2) is 10.4 Å². The Labute approximate surface area is 143 Å². The molecule has 0 saturated carbocycles. The molecule has 0 atom stereocenters. The zero-order chi connectivity index (χ0) is 16.2. The fraction of sp³-hybridized carbons (Fsp3) is 0.105. The topological polar surface area (TPSA) is 33.5 Å². The van der Waals surface area contributed by atoms with Gasteiger partial charge >= 0.3 is 0 Å². The van der Waals surface area contributed by atoms with Crippen LogP contribution in [0, 0.1) is 6.92 Å². The van der Waals surface area contributed by atoms with Gasteiger partial charge in [0.05, 0.1) is 6.54 Å². The maximum atomic E-state index is 12.9. The highest BCUT2D eigenvalue weighted by molar-refractivity contribution is 9.10. The first kappa shape index (κ1) is 15.6. The normalized spacial score (nSPS) is 10.5. The van der Waals surface area contributed by atoms with E-state index < -0.39 is 0 Å². The molecular weight excluding hydrogens is 354 g/mol. The number of aryl methyl sites for hydroxylation is 1. The third-order valence-electron chi connectivity index (χ3n) is 3.56. The number of hydrogen-bond donors (Lipinski definition) is 0. The van der Waals surface area contributed by atoms with E-state index in [0.717, 1.165) is 16.8 Å². The van der Waals surface area contributed by atoms with Gasteiger partial charge in [0.2, 0.25) is 0 Å². The molecule has 0 spiro atoms. The van der Waals surface area contributed by atoms with Crippen LogP contribution in [0.1, 0.15) is 21.7 Å². The monoisotopic (exact) mass is 369 g/mol. The molecule has 3 rings (SSSR count). The van der Waals surface area contributed by atoms with E-state index in [1.54, 1.807) is 17.0 Å². The molecule has 1 amide bonds. The lowest BCUT2D eigenvalue weighted by Crippen LogP contribution is -2.30. The average Bonchev–Trinajstić information content (AvgIpc) is 3.00. The molecule has 0 radical (unpaired) electrons. The Kier molecular flexibility index (Phi) is 4.63. The van der Waals surface area contributed by atoms with Crippen LogP contribution in [0.4, 0.5) is 5.69 Å². The standard InChI is InChI=1S/C19H16BrNO2/c1-14-7-9-16(10-8-14)21(13-15-5-3-2-4-6-15)19(22)17-11-12-18(20)23-17/h2-12H,13H2,1H3. The fourth-order valence-corrected chi connectivity index (χ4v) is 2.64. The molecule has 0 fully saturated rings. The Morgan fingerprint density at radius 3 is 2.30 bits per heavy atom. The second-order valence-corrected chi connectivity index (χ2v) is 6.10. The Bertz CT molecular complexity index is 794. The average molecular weight is 370 g/mol. The van der Waals surface area contributed by atoms with Crippen molar-refractivity contribution in [2.45, 2.75) is 13.5 Å². The van der Waals surface area contributed by atoms with Crippen molar-refractivity contribution in [3.8, 4) is 0 Å². The van der Waals surface area contributed by atoms with Crippen LogP contribution in [0.25, 0.3) is 0 Å². The van der Waals surface area contributed by atoms with Crippen LogP contribution in [0.2, 0.25) is 0 Å². The van der Waals surface area contributed by atoms with Crippen molar-refractivity contribution in [1.29, 1.82) is 0 Å². The first-order valence-corrected chi connectivity index (χ1v) is 8.10. The van der Waals surface area contributed by atoms with E-state index in [4.69, 9.17) is 4.42 Å². The highest BCUT2D eigenvalue weighted by Crippen LogP contribution is 2.23. The molecule has 0 bridgehead atoms. The van der Waals surface area contributed by atoms with Gasteiger partial charge < -0.3 is 9.32 Å². The van der Waals surface area contributed by atoms with Gasteiger partial charge in [-0.1, -0.05) is 48.0 Å². The summed E-state index contributed by atoms with van der Waals surface area (Å²) in [5.41, 5.74) is 3.06. The van der Waals surface area contributed by atoms with Crippen molar-refractivity contribution in [2.75, 3.05) is 4.90 Å². The minimum absolute atomic E-state index is 0.164. The Balaban J connectivity index is 1.95. The molecule has 0 aliphatic heterocycles. The number of nitrogens with zero attached hydrogens (tertiary/aromatic N) is 1. The lowest BCUT2D eigenvalue weighted by atomic mass is 10.1. The van der Waals surface area contributed by atoms with Crippen molar-refractivity contribution < 1.29 is 9.21 Å². The quantitative estimate of drug-likeness (QED) is 0.633. The van der Waals surface area contributed by atoms with Crippen LogP contribution in [-0.2, 0) is 6.54 Å². The van der Waals surface area contributed by atoms with Gasteiger partial charge in [0, 0.05) is 5.69 Å². The van der Waals surface area contributed by atoms with Gasteiger partial charge in [-0.05, 0) is 52.7 Å². The van der Waals surface area contributed by atoms with Crippen LogP contribution in [0.5, 0.6) is 0 Å². The zero-order valence-electron chi connectivity index (χ0n) is 12.7. The van der Waals surface area contributed by atoms with E-state index in [2.05, 4.69) is 15.9 Å². The second-order valence-electron chi connectivity index (χ2n) is 5.32. The van der Waals surface area contributed by atoms with Crippen LogP contribution < -0.4 is 4.90 Å². The molecule has 0 aliphatic carbocycles. The van der Waals surface area contributed by atoms with Crippen LogP contribution >= 0.6 is 15.9 Å². The molecule has 0 aliphatic rings. The SMILES string of the molecule is Cc1ccc(N(Cc2ccccc2)C(=O)c2ccc(Br)o2)cc1. The molecule has 3 nitrogen and oxygen atoms in total. The van der Waals surface area contributed by atoms with Gasteiger partial charge in [-0.15, -0.1) is 0 Å². The molecule has 1 heterocycles. The molecule has 4 heteroatoms. The predicted octanol–water partition coefficient (Wildman–Crippen LogP) is 5.20. The van der Waals surface area contributed by atoms with Gasteiger partial charge in [0.1, 0.15) is 0 Å². The molecule has 2 aromatic carbocycles. The van der Waals surface area contributed by atoms with Gasteiger partial charge in [-0.3, -0.25) is 4.79 Å². The number of carbonyl (C=O) groups is 1. The van der Waals surface area contributed by atoms with Crippen LogP contribution in [0.3, 0.4) is 0 Å².